The molecule has 1 aliphatic rings. The molecule has 4 heteroatoms. The largest absolute Gasteiger partial charge is 0.338 e. The number of para-hydroxylation sites is 2. The summed E-state index contributed by atoms with van der Waals surface area (Å²) in [5.41, 5.74) is 5.53. The first-order valence-corrected chi connectivity index (χ1v) is 10.2. The summed E-state index contributed by atoms with van der Waals surface area (Å²) in [6.45, 7) is 5.73. The Balaban J connectivity index is 1.77. The van der Waals surface area contributed by atoms with E-state index >= 15 is 0 Å². The lowest BCUT2D eigenvalue weighted by Crippen LogP contribution is -2.86. The second kappa shape index (κ2) is 8.03. The Bertz CT molecular complexity index is 958. The number of carbonyl (C=O) groups excluding carboxylic acids is 1. The van der Waals surface area contributed by atoms with Gasteiger partial charge in [-0.15, -0.1) is 0 Å². The van der Waals surface area contributed by atoms with Crippen LogP contribution in [0.15, 0.2) is 66.9 Å². The van der Waals surface area contributed by atoms with Gasteiger partial charge in [0.25, 0.3) is 5.91 Å². The molecule has 1 aromatic heterocycles. The molecule has 0 fully saturated rings. The van der Waals surface area contributed by atoms with Crippen LogP contribution < -0.4 is 10.2 Å². The maximum absolute atomic E-state index is 13.4. The third-order valence-corrected chi connectivity index (χ3v) is 5.46. The molecule has 0 radical (unpaired) electrons. The van der Waals surface area contributed by atoms with Crippen LogP contribution in [-0.4, -0.2) is 23.6 Å². The summed E-state index contributed by atoms with van der Waals surface area (Å²) in [6, 6.07) is 20.8. The van der Waals surface area contributed by atoms with Crippen molar-refractivity contribution in [2.24, 2.45) is 0 Å². The normalized spacial score (nSPS) is 15.2. The molecule has 144 valence electrons. The van der Waals surface area contributed by atoms with Crippen molar-refractivity contribution in [1.29, 1.82) is 0 Å². The monoisotopic (exact) mass is 374 g/mol. The molecule has 0 spiro atoms. The molecule has 0 unspecified atom stereocenters. The Morgan fingerprint density at radius 1 is 1.00 bits per heavy atom. The molecule has 2 aromatic carbocycles. The molecule has 1 amide bonds. The van der Waals surface area contributed by atoms with Crippen LogP contribution >= 0.6 is 0 Å². The summed E-state index contributed by atoms with van der Waals surface area (Å²) in [5, 5.41) is 2.13. The van der Waals surface area contributed by atoms with Gasteiger partial charge in [0.05, 0.1) is 23.6 Å². The van der Waals surface area contributed by atoms with Crippen LogP contribution in [0, 0.1) is 6.92 Å². The summed E-state index contributed by atoms with van der Waals surface area (Å²) in [5.74, 6) is 0.154. The summed E-state index contributed by atoms with van der Waals surface area (Å²) in [4.78, 5) is 15.4. The van der Waals surface area contributed by atoms with Gasteiger partial charge in [-0.1, -0.05) is 55.3 Å². The first-order chi connectivity index (χ1) is 13.7. The number of benzene rings is 2. The van der Waals surface area contributed by atoms with E-state index in [0.29, 0.717) is 6.54 Å². The molecule has 2 N–H and O–H groups in total. The van der Waals surface area contributed by atoms with Gasteiger partial charge in [0.15, 0.2) is 6.54 Å². The van der Waals surface area contributed by atoms with Gasteiger partial charge in [0.1, 0.15) is 6.04 Å². The Morgan fingerprint density at radius 2 is 1.75 bits per heavy atom. The first kappa shape index (κ1) is 18.5. The van der Waals surface area contributed by atoms with Crippen molar-refractivity contribution in [2.75, 3.05) is 18.0 Å². The van der Waals surface area contributed by atoms with E-state index in [1.165, 1.54) is 5.56 Å². The molecule has 0 bridgehead atoms. The van der Waals surface area contributed by atoms with Gasteiger partial charge in [-0.25, -0.2) is 0 Å². The molecule has 0 saturated heterocycles. The summed E-state index contributed by atoms with van der Waals surface area (Å²) in [6.07, 6.45) is 4.37. The van der Waals surface area contributed by atoms with Crippen molar-refractivity contribution >= 4 is 11.6 Å². The second-order valence-corrected chi connectivity index (χ2v) is 7.50. The third-order valence-electron chi connectivity index (χ3n) is 5.46. The van der Waals surface area contributed by atoms with E-state index < -0.39 is 0 Å². The minimum absolute atomic E-state index is 0.113. The van der Waals surface area contributed by atoms with Crippen molar-refractivity contribution < 1.29 is 10.1 Å². The van der Waals surface area contributed by atoms with E-state index in [-0.39, 0.29) is 11.9 Å². The number of aryl methyl sites for hydroxylation is 1. The molecule has 1 atom stereocenters. The van der Waals surface area contributed by atoms with Crippen molar-refractivity contribution in [3.05, 3.63) is 83.7 Å². The molecular formula is C24H28N3O+. The number of anilines is 1. The highest BCUT2D eigenvalue weighted by atomic mass is 16.2. The Hall–Kier alpha value is -2.85. The van der Waals surface area contributed by atoms with Gasteiger partial charge < -0.3 is 9.88 Å². The standard InChI is InChI=1S/C24H27N3O/c1-3-4-15-25-17-23(28)27-21-9-6-5-8-20(21)26-16-7-10-22(26)24(27)19-13-11-18(2)12-14-19/h5-14,16,24-25H,3-4,15,17H2,1-2H3/p+1/t24-/m0/s1. The Kier molecular flexibility index (Phi) is 5.31. The third kappa shape index (κ3) is 3.36. The van der Waals surface area contributed by atoms with Crippen LogP contribution in [0.2, 0.25) is 0 Å². The molecule has 0 saturated carbocycles. The van der Waals surface area contributed by atoms with Gasteiger partial charge in [0.2, 0.25) is 0 Å². The Morgan fingerprint density at radius 3 is 2.50 bits per heavy atom. The van der Waals surface area contributed by atoms with Gasteiger partial charge >= 0.3 is 0 Å². The van der Waals surface area contributed by atoms with Crippen LogP contribution in [0.3, 0.4) is 0 Å². The van der Waals surface area contributed by atoms with Gasteiger partial charge in [-0.05, 0) is 43.2 Å². The number of amides is 1. The number of fused-ring (bicyclic) bond motifs is 3. The molecule has 2 heterocycles. The van der Waals surface area contributed by atoms with Crippen molar-refractivity contribution in [2.45, 2.75) is 32.7 Å². The molecule has 4 rings (SSSR count). The average Bonchev–Trinajstić information content (AvgIpc) is 3.21. The van der Waals surface area contributed by atoms with Crippen LogP contribution in [0.4, 0.5) is 5.69 Å². The quantitative estimate of drug-likeness (QED) is 0.659. The lowest BCUT2D eigenvalue weighted by molar-refractivity contribution is -0.644. The summed E-state index contributed by atoms with van der Waals surface area (Å²) in [7, 11) is 0. The lowest BCUT2D eigenvalue weighted by Gasteiger charge is -2.38. The number of rotatable bonds is 6. The van der Waals surface area contributed by atoms with Crippen LogP contribution in [-0.2, 0) is 4.79 Å². The lowest BCUT2D eigenvalue weighted by atomic mass is 9.97. The number of carbonyl (C=O) groups is 1. The van der Waals surface area contributed by atoms with Gasteiger partial charge in [-0.2, -0.15) is 0 Å². The molecule has 3 aromatic rings. The summed E-state index contributed by atoms with van der Waals surface area (Å²) < 4.78 is 2.21. The molecule has 28 heavy (non-hydrogen) atoms. The first-order valence-electron chi connectivity index (χ1n) is 10.2. The Labute approximate surface area is 166 Å². The highest BCUT2D eigenvalue weighted by molar-refractivity contribution is 5.98. The van der Waals surface area contributed by atoms with Crippen LogP contribution in [0.1, 0.15) is 42.6 Å². The summed E-state index contributed by atoms with van der Waals surface area (Å²) >= 11 is 0. The zero-order valence-electron chi connectivity index (χ0n) is 16.6. The number of aromatic nitrogens is 1. The van der Waals surface area contributed by atoms with Crippen molar-refractivity contribution in [1.82, 2.24) is 4.57 Å². The fourth-order valence-corrected chi connectivity index (χ4v) is 4.00. The minimum atomic E-state index is -0.113. The second-order valence-electron chi connectivity index (χ2n) is 7.50. The maximum atomic E-state index is 13.4. The average molecular weight is 375 g/mol. The van der Waals surface area contributed by atoms with Gasteiger partial charge in [0, 0.05) is 6.20 Å². The van der Waals surface area contributed by atoms with E-state index in [9.17, 15) is 4.79 Å². The number of quaternary nitrogens is 1. The smallest absolute Gasteiger partial charge is 0.283 e. The number of unbranched alkanes of at least 4 members (excludes halogenated alkanes) is 1. The zero-order chi connectivity index (χ0) is 19.5. The van der Waals surface area contributed by atoms with Crippen LogP contribution in [0.25, 0.3) is 5.69 Å². The highest BCUT2D eigenvalue weighted by Gasteiger charge is 2.36. The molecular weight excluding hydrogens is 346 g/mol. The number of nitrogens with two attached hydrogens (primary N) is 1. The van der Waals surface area contributed by atoms with E-state index in [0.717, 1.165) is 42.0 Å². The van der Waals surface area contributed by atoms with E-state index in [4.69, 9.17) is 0 Å². The molecule has 1 aliphatic heterocycles. The fourth-order valence-electron chi connectivity index (χ4n) is 4.00. The molecule has 4 nitrogen and oxygen atoms in total. The van der Waals surface area contributed by atoms with Gasteiger partial charge in [-0.3, -0.25) is 9.69 Å². The number of nitrogens with zero attached hydrogens (tertiary/aromatic N) is 2. The molecule has 0 aliphatic carbocycles. The minimum Gasteiger partial charge on any atom is -0.338 e. The topological polar surface area (TPSA) is 41.9 Å². The number of hydrogen-bond acceptors (Lipinski definition) is 1. The van der Waals surface area contributed by atoms with Crippen molar-refractivity contribution in [3.8, 4) is 5.69 Å². The number of hydrogen-bond donors (Lipinski definition) is 1. The van der Waals surface area contributed by atoms with E-state index in [2.05, 4.69) is 78.5 Å². The maximum Gasteiger partial charge on any atom is 0.283 e. The van der Waals surface area contributed by atoms with E-state index in [1.54, 1.807) is 0 Å². The predicted octanol–water partition coefficient (Wildman–Crippen LogP) is 3.59. The van der Waals surface area contributed by atoms with Crippen LogP contribution in [0.5, 0.6) is 0 Å². The zero-order valence-corrected chi connectivity index (χ0v) is 16.6. The fraction of sp³-hybridized carbons (Fsp3) is 0.292. The van der Waals surface area contributed by atoms with Crippen molar-refractivity contribution in [3.63, 3.8) is 0 Å². The SMILES string of the molecule is CCCC[NH2+]CC(=O)N1c2ccccc2-n2cccc2[C@@H]1c1ccc(C)cc1. The highest BCUT2D eigenvalue weighted by Crippen LogP contribution is 2.42. The predicted molar refractivity (Wildman–Crippen MR) is 113 cm³/mol. The van der Waals surface area contributed by atoms with E-state index in [1.807, 2.05) is 17.0 Å².